The fraction of sp³-hybridized carbons (Fsp3) is 0.0833. The van der Waals surface area contributed by atoms with E-state index in [0.29, 0.717) is 39.5 Å². The standard InChI is InChI=1S/C24H16ClNO4/c25-17-8-6-16(7-9-17)23(27)19-13-26(12-15-4-2-1-3-5-15)20-11-22-21(29-14-30-22)10-18(20)24(19)28/h1-11,13H,12,14H2. The number of nitrogens with zero attached hydrogens (tertiary/aromatic N) is 1. The molecule has 3 aromatic carbocycles. The molecule has 0 atom stereocenters. The monoisotopic (exact) mass is 417 g/mol. The predicted octanol–water partition coefficient (Wildman–Crippen LogP) is 4.66. The summed E-state index contributed by atoms with van der Waals surface area (Å²) in [6.07, 6.45) is 1.62. The van der Waals surface area contributed by atoms with Gasteiger partial charge in [-0.05, 0) is 35.9 Å². The van der Waals surface area contributed by atoms with Gasteiger partial charge in [-0.2, -0.15) is 0 Å². The fourth-order valence-corrected chi connectivity index (χ4v) is 3.74. The Morgan fingerprint density at radius 3 is 2.40 bits per heavy atom. The number of hydrogen-bond donors (Lipinski definition) is 0. The van der Waals surface area contributed by atoms with Gasteiger partial charge >= 0.3 is 0 Å². The van der Waals surface area contributed by atoms with E-state index in [2.05, 4.69) is 0 Å². The van der Waals surface area contributed by atoms with Crippen LogP contribution < -0.4 is 14.9 Å². The highest BCUT2D eigenvalue weighted by atomic mass is 35.5. The number of rotatable bonds is 4. The Bertz CT molecular complexity index is 1330. The molecule has 6 heteroatoms. The van der Waals surface area contributed by atoms with Gasteiger partial charge in [-0.3, -0.25) is 9.59 Å². The first-order valence-corrected chi connectivity index (χ1v) is 9.79. The van der Waals surface area contributed by atoms with E-state index < -0.39 is 0 Å². The van der Waals surface area contributed by atoms with Crippen LogP contribution in [0, 0.1) is 0 Å². The second kappa shape index (κ2) is 7.35. The van der Waals surface area contributed by atoms with Crippen LogP contribution in [0.3, 0.4) is 0 Å². The zero-order chi connectivity index (χ0) is 20.7. The first kappa shape index (κ1) is 18.5. The maximum atomic E-state index is 13.3. The summed E-state index contributed by atoms with van der Waals surface area (Å²) in [5.74, 6) is 0.737. The molecule has 1 aliphatic rings. The minimum Gasteiger partial charge on any atom is -0.454 e. The molecule has 30 heavy (non-hydrogen) atoms. The zero-order valence-corrected chi connectivity index (χ0v) is 16.6. The molecule has 0 fully saturated rings. The van der Waals surface area contributed by atoms with Gasteiger partial charge in [0.2, 0.25) is 12.2 Å². The first-order chi connectivity index (χ1) is 14.6. The minimum atomic E-state index is -0.349. The van der Waals surface area contributed by atoms with Crippen LogP contribution in [0.5, 0.6) is 11.5 Å². The second-order valence-corrected chi connectivity index (χ2v) is 7.48. The van der Waals surface area contributed by atoms with E-state index in [9.17, 15) is 9.59 Å². The van der Waals surface area contributed by atoms with Gasteiger partial charge in [-0.15, -0.1) is 0 Å². The summed E-state index contributed by atoms with van der Waals surface area (Å²) in [7, 11) is 0. The molecular weight excluding hydrogens is 402 g/mol. The molecule has 148 valence electrons. The van der Waals surface area contributed by atoms with Crippen LogP contribution in [-0.2, 0) is 6.54 Å². The SMILES string of the molecule is O=C(c1ccc(Cl)cc1)c1cn(Cc2ccccc2)c2cc3c(cc2c1=O)OCO3. The van der Waals surface area contributed by atoms with E-state index in [-0.39, 0.29) is 23.6 Å². The quantitative estimate of drug-likeness (QED) is 0.453. The van der Waals surface area contributed by atoms with Gasteiger partial charge in [0.15, 0.2) is 17.3 Å². The van der Waals surface area contributed by atoms with Crippen molar-refractivity contribution in [2.24, 2.45) is 0 Å². The molecule has 2 heterocycles. The van der Waals surface area contributed by atoms with Crippen molar-refractivity contribution in [2.45, 2.75) is 6.54 Å². The lowest BCUT2D eigenvalue weighted by Crippen LogP contribution is -2.20. The van der Waals surface area contributed by atoms with Crippen molar-refractivity contribution in [3.8, 4) is 11.5 Å². The van der Waals surface area contributed by atoms with Crippen molar-refractivity contribution in [1.82, 2.24) is 4.57 Å². The van der Waals surface area contributed by atoms with Crippen LogP contribution in [-0.4, -0.2) is 17.1 Å². The topological polar surface area (TPSA) is 57.5 Å². The average molecular weight is 418 g/mol. The van der Waals surface area contributed by atoms with Gasteiger partial charge < -0.3 is 14.0 Å². The number of aromatic nitrogens is 1. The summed E-state index contributed by atoms with van der Waals surface area (Å²) >= 11 is 5.94. The summed E-state index contributed by atoms with van der Waals surface area (Å²) in [6.45, 7) is 0.604. The molecule has 0 saturated heterocycles. The molecule has 5 rings (SSSR count). The highest BCUT2D eigenvalue weighted by Crippen LogP contribution is 2.35. The maximum Gasteiger partial charge on any atom is 0.231 e. The third-order valence-electron chi connectivity index (χ3n) is 5.12. The van der Waals surface area contributed by atoms with Crippen molar-refractivity contribution in [3.05, 3.63) is 105 Å². The Morgan fingerprint density at radius 1 is 0.967 bits per heavy atom. The average Bonchev–Trinajstić information content (AvgIpc) is 3.23. The van der Waals surface area contributed by atoms with Gasteiger partial charge in [0.1, 0.15) is 0 Å². The first-order valence-electron chi connectivity index (χ1n) is 9.41. The molecule has 0 aliphatic carbocycles. The zero-order valence-electron chi connectivity index (χ0n) is 15.8. The maximum absolute atomic E-state index is 13.3. The Balaban J connectivity index is 1.72. The summed E-state index contributed by atoms with van der Waals surface area (Å²) in [4.78, 5) is 26.4. The molecule has 4 aromatic rings. The molecule has 1 aromatic heterocycles. The minimum absolute atomic E-state index is 0.0969. The summed E-state index contributed by atoms with van der Waals surface area (Å²) < 4.78 is 12.8. The smallest absolute Gasteiger partial charge is 0.231 e. The Hall–Kier alpha value is -3.57. The third kappa shape index (κ3) is 3.23. The van der Waals surface area contributed by atoms with Crippen LogP contribution in [0.4, 0.5) is 0 Å². The molecule has 1 aliphatic heterocycles. The highest BCUT2D eigenvalue weighted by Gasteiger charge is 2.21. The normalized spacial score (nSPS) is 12.3. The van der Waals surface area contributed by atoms with E-state index >= 15 is 0 Å². The summed E-state index contributed by atoms with van der Waals surface area (Å²) in [5, 5.41) is 0.939. The molecule has 0 spiro atoms. The van der Waals surface area contributed by atoms with Crippen LogP contribution in [0.1, 0.15) is 21.5 Å². The van der Waals surface area contributed by atoms with Gasteiger partial charge in [-0.25, -0.2) is 0 Å². The van der Waals surface area contributed by atoms with Gasteiger partial charge in [-0.1, -0.05) is 41.9 Å². The number of ether oxygens (including phenoxy) is 2. The number of carbonyl (C=O) groups excluding carboxylic acids is 1. The van der Waals surface area contributed by atoms with Gasteiger partial charge in [0.05, 0.1) is 16.5 Å². The van der Waals surface area contributed by atoms with Crippen LogP contribution in [0.2, 0.25) is 5.02 Å². The summed E-state index contributed by atoms with van der Waals surface area (Å²) in [5.41, 5.74) is 1.89. The van der Waals surface area contributed by atoms with E-state index in [1.54, 1.807) is 42.6 Å². The van der Waals surface area contributed by atoms with Crippen molar-refractivity contribution >= 4 is 28.3 Å². The molecule has 0 unspecified atom stereocenters. The predicted molar refractivity (Wildman–Crippen MR) is 115 cm³/mol. The van der Waals surface area contributed by atoms with Gasteiger partial charge in [0, 0.05) is 29.4 Å². The Kier molecular flexibility index (Phi) is 4.52. The molecule has 5 nitrogen and oxygen atoms in total. The lowest BCUT2D eigenvalue weighted by molar-refractivity contribution is 0.103. The number of ketones is 1. The number of pyridine rings is 1. The lowest BCUT2D eigenvalue weighted by Gasteiger charge is -2.14. The fourth-order valence-electron chi connectivity index (χ4n) is 3.61. The molecule has 0 amide bonds. The van der Waals surface area contributed by atoms with Crippen molar-refractivity contribution in [3.63, 3.8) is 0 Å². The number of benzene rings is 3. The second-order valence-electron chi connectivity index (χ2n) is 7.04. The number of carbonyl (C=O) groups is 1. The van der Waals surface area contributed by atoms with Gasteiger partial charge in [0.25, 0.3) is 0 Å². The summed E-state index contributed by atoms with van der Waals surface area (Å²) in [6, 6.07) is 19.8. The van der Waals surface area contributed by atoms with Crippen molar-refractivity contribution in [1.29, 1.82) is 0 Å². The molecular formula is C24H16ClNO4. The molecule has 0 N–H and O–H groups in total. The van der Waals surface area contributed by atoms with Crippen molar-refractivity contribution < 1.29 is 14.3 Å². The van der Waals surface area contributed by atoms with Crippen LogP contribution in [0.15, 0.2) is 77.7 Å². The lowest BCUT2D eigenvalue weighted by atomic mass is 10.0. The van der Waals surface area contributed by atoms with E-state index in [1.807, 2.05) is 34.9 Å². The van der Waals surface area contributed by atoms with Crippen LogP contribution in [0.25, 0.3) is 10.9 Å². The van der Waals surface area contributed by atoms with E-state index in [0.717, 1.165) is 5.56 Å². The van der Waals surface area contributed by atoms with Crippen LogP contribution >= 0.6 is 11.6 Å². The Labute approximate surface area is 177 Å². The number of fused-ring (bicyclic) bond motifs is 2. The molecule has 0 radical (unpaired) electrons. The number of halogens is 1. The molecule has 0 saturated carbocycles. The van der Waals surface area contributed by atoms with E-state index in [4.69, 9.17) is 21.1 Å². The highest BCUT2D eigenvalue weighted by molar-refractivity contribution is 6.30. The van der Waals surface area contributed by atoms with E-state index in [1.165, 1.54) is 0 Å². The number of hydrogen-bond acceptors (Lipinski definition) is 4. The third-order valence-corrected chi connectivity index (χ3v) is 5.37. The largest absolute Gasteiger partial charge is 0.454 e. The molecule has 0 bridgehead atoms. The van der Waals surface area contributed by atoms with Crippen molar-refractivity contribution in [2.75, 3.05) is 6.79 Å². The Morgan fingerprint density at radius 2 is 1.67 bits per heavy atom.